The summed E-state index contributed by atoms with van der Waals surface area (Å²) in [7, 11) is 0. The second kappa shape index (κ2) is 6.64. The van der Waals surface area contributed by atoms with Crippen molar-refractivity contribution in [1.82, 2.24) is 19.6 Å². The molecule has 1 aliphatic rings. The van der Waals surface area contributed by atoms with E-state index in [2.05, 4.69) is 15.2 Å². The zero-order valence-electron chi connectivity index (χ0n) is 12.5. The predicted molar refractivity (Wildman–Crippen MR) is 84.5 cm³/mol. The van der Waals surface area contributed by atoms with E-state index in [9.17, 15) is 4.79 Å². The second-order valence-electron chi connectivity index (χ2n) is 5.33. The number of pyridine rings is 1. The molecule has 2 aromatic heterocycles. The van der Waals surface area contributed by atoms with Crippen LogP contribution in [-0.2, 0) is 4.74 Å². The summed E-state index contributed by atoms with van der Waals surface area (Å²) in [6.45, 7) is 6.64. The normalized spacial score (nSPS) is 16.1. The van der Waals surface area contributed by atoms with Crippen LogP contribution in [0.5, 0.6) is 0 Å². The molecule has 6 nitrogen and oxygen atoms in total. The minimum atomic E-state index is -0.111. The number of nitrogens with one attached hydrogen (secondary N) is 1. The van der Waals surface area contributed by atoms with E-state index < -0.39 is 0 Å². The number of amides is 1. The molecule has 1 saturated heterocycles. The molecular formula is C15H19ClN4O2. The smallest absolute Gasteiger partial charge is 0.270 e. The lowest BCUT2D eigenvalue weighted by Gasteiger charge is -2.26. The number of halogens is 1. The minimum absolute atomic E-state index is 0.111. The van der Waals surface area contributed by atoms with Crippen LogP contribution >= 0.6 is 11.6 Å². The third-order valence-electron chi connectivity index (χ3n) is 3.79. The largest absolute Gasteiger partial charge is 0.379 e. The first-order chi connectivity index (χ1) is 10.6. The molecule has 0 aliphatic carbocycles. The van der Waals surface area contributed by atoms with Crippen molar-refractivity contribution in [3.63, 3.8) is 0 Å². The van der Waals surface area contributed by atoms with Crippen LogP contribution in [0.4, 0.5) is 0 Å². The van der Waals surface area contributed by atoms with Crippen molar-refractivity contribution >= 4 is 23.2 Å². The molecule has 0 radical (unpaired) electrons. The van der Waals surface area contributed by atoms with Gasteiger partial charge < -0.3 is 10.1 Å². The van der Waals surface area contributed by atoms with Gasteiger partial charge in [-0.3, -0.25) is 14.1 Å². The number of nitrogens with zero attached hydrogens (tertiary/aromatic N) is 3. The van der Waals surface area contributed by atoms with Crippen LogP contribution in [-0.4, -0.2) is 59.6 Å². The number of hydrogen-bond donors (Lipinski definition) is 1. The number of carbonyl (C=O) groups excluding carboxylic acids is 1. The number of imidazole rings is 1. The highest BCUT2D eigenvalue weighted by Gasteiger charge is 2.17. The maximum atomic E-state index is 12.4. The lowest BCUT2D eigenvalue weighted by molar-refractivity contribution is 0.0383. The molecule has 1 N–H and O–H groups in total. The van der Waals surface area contributed by atoms with Crippen molar-refractivity contribution in [2.24, 2.45) is 0 Å². The highest BCUT2D eigenvalue weighted by molar-refractivity contribution is 6.30. The van der Waals surface area contributed by atoms with E-state index in [4.69, 9.17) is 16.3 Å². The van der Waals surface area contributed by atoms with Crippen molar-refractivity contribution < 1.29 is 9.53 Å². The summed E-state index contributed by atoms with van der Waals surface area (Å²) in [6, 6.07) is 3.50. The van der Waals surface area contributed by atoms with Crippen molar-refractivity contribution in [2.45, 2.75) is 6.92 Å². The molecule has 0 saturated carbocycles. The van der Waals surface area contributed by atoms with Gasteiger partial charge in [0.05, 0.1) is 18.9 Å². The highest BCUT2D eigenvalue weighted by Crippen LogP contribution is 2.16. The number of fused-ring (bicyclic) bond motifs is 1. The molecular weight excluding hydrogens is 304 g/mol. The fourth-order valence-electron chi connectivity index (χ4n) is 2.65. The Labute approximate surface area is 134 Å². The average Bonchev–Trinajstić information content (AvgIpc) is 2.83. The Morgan fingerprint density at radius 3 is 3.00 bits per heavy atom. The van der Waals surface area contributed by atoms with Crippen LogP contribution < -0.4 is 5.32 Å². The van der Waals surface area contributed by atoms with E-state index in [0.29, 0.717) is 28.6 Å². The Hall–Kier alpha value is -1.63. The summed E-state index contributed by atoms with van der Waals surface area (Å²) in [5, 5.41) is 3.57. The van der Waals surface area contributed by atoms with E-state index in [0.717, 1.165) is 32.8 Å². The van der Waals surface area contributed by atoms with Crippen LogP contribution in [0.1, 0.15) is 16.2 Å². The molecule has 0 atom stereocenters. The Morgan fingerprint density at radius 2 is 2.23 bits per heavy atom. The number of morpholine rings is 1. The monoisotopic (exact) mass is 322 g/mol. The fourth-order valence-corrected chi connectivity index (χ4v) is 2.80. The van der Waals surface area contributed by atoms with Gasteiger partial charge in [-0.2, -0.15) is 0 Å². The summed E-state index contributed by atoms with van der Waals surface area (Å²) in [4.78, 5) is 19.1. The summed E-state index contributed by atoms with van der Waals surface area (Å²) in [5.41, 5.74) is 1.95. The molecule has 3 rings (SSSR count). The number of rotatable bonds is 4. The Balaban J connectivity index is 1.65. The third kappa shape index (κ3) is 3.24. The lowest BCUT2D eigenvalue weighted by atomic mass is 10.3. The van der Waals surface area contributed by atoms with E-state index in [1.165, 1.54) is 0 Å². The lowest BCUT2D eigenvalue weighted by Crippen LogP contribution is -2.41. The molecule has 3 heterocycles. The standard InChI is InChI=1S/C15H19ClN4O2/c1-11-14(20-4-2-12(16)10-13(20)18-11)15(21)17-3-5-19-6-8-22-9-7-19/h2,4,10H,3,5-9H2,1H3,(H,17,21). The van der Waals surface area contributed by atoms with Gasteiger partial charge in [0.25, 0.3) is 5.91 Å². The van der Waals surface area contributed by atoms with Gasteiger partial charge in [0.15, 0.2) is 0 Å². The molecule has 1 fully saturated rings. The number of ether oxygens (including phenoxy) is 1. The van der Waals surface area contributed by atoms with Crippen LogP contribution in [0.15, 0.2) is 18.3 Å². The van der Waals surface area contributed by atoms with Gasteiger partial charge in [-0.1, -0.05) is 11.6 Å². The van der Waals surface area contributed by atoms with Crippen LogP contribution in [0.3, 0.4) is 0 Å². The molecule has 0 aromatic carbocycles. The average molecular weight is 323 g/mol. The topological polar surface area (TPSA) is 58.9 Å². The van der Waals surface area contributed by atoms with Crippen molar-refractivity contribution in [3.8, 4) is 0 Å². The molecule has 0 bridgehead atoms. The van der Waals surface area contributed by atoms with Gasteiger partial charge in [0.2, 0.25) is 0 Å². The molecule has 7 heteroatoms. The number of aryl methyl sites for hydroxylation is 1. The summed E-state index contributed by atoms with van der Waals surface area (Å²) >= 11 is 5.96. The van der Waals surface area contributed by atoms with E-state index in [1.807, 2.05) is 6.92 Å². The van der Waals surface area contributed by atoms with Crippen LogP contribution in [0, 0.1) is 6.92 Å². The maximum absolute atomic E-state index is 12.4. The van der Waals surface area contributed by atoms with Crippen LogP contribution in [0.25, 0.3) is 5.65 Å². The molecule has 118 valence electrons. The molecule has 0 unspecified atom stereocenters. The minimum Gasteiger partial charge on any atom is -0.379 e. The predicted octanol–water partition coefficient (Wildman–Crippen LogP) is 1.36. The number of aromatic nitrogens is 2. The van der Waals surface area contributed by atoms with Gasteiger partial charge in [-0.15, -0.1) is 0 Å². The first-order valence-electron chi connectivity index (χ1n) is 7.37. The summed E-state index contributed by atoms with van der Waals surface area (Å²) < 4.78 is 7.08. The first-order valence-corrected chi connectivity index (χ1v) is 7.75. The zero-order chi connectivity index (χ0) is 15.5. The third-order valence-corrected chi connectivity index (χ3v) is 4.03. The van der Waals surface area contributed by atoms with Crippen molar-refractivity contribution in [2.75, 3.05) is 39.4 Å². The fraction of sp³-hybridized carbons (Fsp3) is 0.467. The first kappa shape index (κ1) is 15.3. The second-order valence-corrected chi connectivity index (χ2v) is 5.77. The highest BCUT2D eigenvalue weighted by atomic mass is 35.5. The van der Waals surface area contributed by atoms with Gasteiger partial charge in [-0.25, -0.2) is 4.98 Å². The van der Waals surface area contributed by atoms with Crippen molar-refractivity contribution in [3.05, 3.63) is 34.7 Å². The number of hydrogen-bond acceptors (Lipinski definition) is 4. The van der Waals surface area contributed by atoms with Gasteiger partial charge in [0.1, 0.15) is 11.3 Å². The van der Waals surface area contributed by atoms with E-state index in [1.54, 1.807) is 22.7 Å². The Kier molecular flexibility index (Phi) is 4.61. The molecule has 2 aromatic rings. The van der Waals surface area contributed by atoms with E-state index >= 15 is 0 Å². The SMILES string of the molecule is Cc1nc2cc(Cl)ccn2c1C(=O)NCCN1CCOCC1. The number of carbonyl (C=O) groups is 1. The molecule has 1 aliphatic heterocycles. The van der Waals surface area contributed by atoms with Gasteiger partial charge >= 0.3 is 0 Å². The maximum Gasteiger partial charge on any atom is 0.270 e. The Bertz CT molecular complexity index is 679. The van der Waals surface area contributed by atoms with Gasteiger partial charge in [-0.05, 0) is 13.0 Å². The van der Waals surface area contributed by atoms with Crippen LogP contribution in [0.2, 0.25) is 5.02 Å². The van der Waals surface area contributed by atoms with Crippen molar-refractivity contribution in [1.29, 1.82) is 0 Å². The summed E-state index contributed by atoms with van der Waals surface area (Å²) in [5.74, 6) is -0.111. The molecule has 22 heavy (non-hydrogen) atoms. The summed E-state index contributed by atoms with van der Waals surface area (Å²) in [6.07, 6.45) is 1.77. The van der Waals surface area contributed by atoms with Gasteiger partial charge in [0, 0.05) is 43.5 Å². The van der Waals surface area contributed by atoms with E-state index in [-0.39, 0.29) is 5.91 Å². The molecule has 1 amide bonds. The quantitative estimate of drug-likeness (QED) is 0.923. The molecule has 0 spiro atoms. The zero-order valence-corrected chi connectivity index (χ0v) is 13.3. The Morgan fingerprint density at radius 1 is 1.45 bits per heavy atom.